The molecular formula is C13H11FN6O2S. The van der Waals surface area contributed by atoms with Crippen molar-refractivity contribution in [1.29, 1.82) is 0 Å². The number of aromatic amines is 1. The van der Waals surface area contributed by atoms with E-state index in [9.17, 15) is 9.18 Å². The maximum absolute atomic E-state index is 13.2. The number of phenolic OH excluding ortho intramolecular Hbond substituents is 1. The van der Waals surface area contributed by atoms with Gasteiger partial charge in [-0.3, -0.25) is 4.79 Å². The summed E-state index contributed by atoms with van der Waals surface area (Å²) in [5, 5.41) is 12.1. The number of benzene rings is 1. The number of phenols is 1. The fourth-order valence-corrected chi connectivity index (χ4v) is 2.64. The van der Waals surface area contributed by atoms with Gasteiger partial charge in [0.2, 0.25) is 11.9 Å². The smallest absolute Gasteiger partial charge is 0.234 e. The third-order valence-electron chi connectivity index (χ3n) is 2.84. The van der Waals surface area contributed by atoms with Gasteiger partial charge in [-0.25, -0.2) is 14.4 Å². The second-order valence-electron chi connectivity index (χ2n) is 4.49. The summed E-state index contributed by atoms with van der Waals surface area (Å²) in [7, 11) is 0. The summed E-state index contributed by atoms with van der Waals surface area (Å²) in [4.78, 5) is 26.8. The molecule has 0 atom stereocenters. The molecule has 3 aromatic rings. The maximum Gasteiger partial charge on any atom is 0.234 e. The van der Waals surface area contributed by atoms with E-state index in [1.54, 1.807) is 0 Å². The zero-order valence-electron chi connectivity index (χ0n) is 11.6. The lowest BCUT2D eigenvalue weighted by molar-refractivity contribution is -0.113. The molecule has 0 saturated carbocycles. The number of carbonyl (C=O) groups excluding carboxylic acids is 1. The molecule has 1 amide bonds. The molecule has 0 saturated heterocycles. The molecule has 5 N–H and O–H groups in total. The third-order valence-corrected chi connectivity index (χ3v) is 3.82. The number of imidazole rings is 1. The second-order valence-corrected chi connectivity index (χ2v) is 5.46. The first-order valence-electron chi connectivity index (χ1n) is 6.40. The van der Waals surface area contributed by atoms with Crippen LogP contribution >= 0.6 is 11.8 Å². The molecule has 0 fully saturated rings. The number of anilines is 2. The summed E-state index contributed by atoms with van der Waals surface area (Å²) >= 11 is 1.15. The number of aromatic hydroxyl groups is 1. The molecule has 0 bridgehead atoms. The van der Waals surface area contributed by atoms with E-state index in [2.05, 4.69) is 25.3 Å². The Morgan fingerprint density at radius 2 is 2.26 bits per heavy atom. The van der Waals surface area contributed by atoms with Crippen molar-refractivity contribution in [2.45, 2.75) is 5.03 Å². The van der Waals surface area contributed by atoms with E-state index in [0.29, 0.717) is 16.2 Å². The van der Waals surface area contributed by atoms with Crippen molar-refractivity contribution in [3.8, 4) is 5.75 Å². The van der Waals surface area contributed by atoms with Gasteiger partial charge >= 0.3 is 0 Å². The summed E-state index contributed by atoms with van der Waals surface area (Å²) in [6, 6.07) is 3.60. The van der Waals surface area contributed by atoms with Crippen molar-refractivity contribution in [3.05, 3.63) is 30.3 Å². The van der Waals surface area contributed by atoms with E-state index in [0.717, 1.165) is 23.9 Å². The number of fused-ring (bicyclic) bond motifs is 1. The van der Waals surface area contributed by atoms with Crippen LogP contribution in [0, 0.1) is 5.82 Å². The van der Waals surface area contributed by atoms with Gasteiger partial charge in [0, 0.05) is 11.8 Å². The zero-order chi connectivity index (χ0) is 16.4. The van der Waals surface area contributed by atoms with Crippen molar-refractivity contribution in [1.82, 2.24) is 19.9 Å². The third kappa shape index (κ3) is 3.31. The van der Waals surface area contributed by atoms with Crippen LogP contribution in [0.5, 0.6) is 5.75 Å². The van der Waals surface area contributed by atoms with Crippen LogP contribution in [0.4, 0.5) is 16.0 Å². The van der Waals surface area contributed by atoms with Gasteiger partial charge in [0.05, 0.1) is 12.1 Å². The monoisotopic (exact) mass is 334 g/mol. The number of nitrogen functional groups attached to an aromatic ring is 1. The van der Waals surface area contributed by atoms with E-state index < -0.39 is 11.6 Å². The Labute approximate surface area is 133 Å². The van der Waals surface area contributed by atoms with Crippen LogP contribution in [0.3, 0.4) is 0 Å². The quantitative estimate of drug-likeness (QED) is 0.323. The number of amides is 1. The topological polar surface area (TPSA) is 130 Å². The molecule has 23 heavy (non-hydrogen) atoms. The van der Waals surface area contributed by atoms with Crippen LogP contribution < -0.4 is 11.1 Å². The summed E-state index contributed by atoms with van der Waals surface area (Å²) < 4.78 is 13.2. The van der Waals surface area contributed by atoms with E-state index >= 15 is 0 Å². The van der Waals surface area contributed by atoms with Gasteiger partial charge in [-0.05, 0) is 12.1 Å². The fraction of sp³-hybridized carbons (Fsp3) is 0.0769. The molecule has 3 rings (SSSR count). The summed E-state index contributed by atoms with van der Waals surface area (Å²) in [5.74, 6) is -1.54. The molecule has 1 aromatic carbocycles. The predicted octanol–water partition coefficient (Wildman–Crippen LogP) is 1.51. The number of rotatable bonds is 4. The molecule has 2 heterocycles. The fourth-order valence-electron chi connectivity index (χ4n) is 1.84. The molecule has 0 unspecified atom stereocenters. The first-order chi connectivity index (χ1) is 11.0. The van der Waals surface area contributed by atoms with Gasteiger partial charge in [0.25, 0.3) is 0 Å². The number of hydrogen-bond acceptors (Lipinski definition) is 7. The first-order valence-corrected chi connectivity index (χ1v) is 7.39. The second kappa shape index (κ2) is 6.08. The predicted molar refractivity (Wildman–Crippen MR) is 83.5 cm³/mol. The van der Waals surface area contributed by atoms with Gasteiger partial charge in [-0.15, -0.1) is 0 Å². The van der Waals surface area contributed by atoms with Crippen molar-refractivity contribution < 1.29 is 14.3 Å². The minimum Gasteiger partial charge on any atom is -0.505 e. The SMILES string of the molecule is Nc1nc(SCC(=O)Nc2ccc(O)c(F)c2)c2[nH]cnc2n1. The van der Waals surface area contributed by atoms with Crippen molar-refractivity contribution >= 4 is 40.5 Å². The average Bonchev–Trinajstić information content (AvgIpc) is 2.97. The summed E-state index contributed by atoms with van der Waals surface area (Å²) in [5.41, 5.74) is 6.85. The van der Waals surface area contributed by atoms with Gasteiger partial charge in [-0.1, -0.05) is 11.8 Å². The highest BCUT2D eigenvalue weighted by molar-refractivity contribution is 8.00. The number of halogens is 1. The molecule has 0 aliphatic heterocycles. The van der Waals surface area contributed by atoms with Crippen LogP contribution in [0.2, 0.25) is 0 Å². The number of hydrogen-bond donors (Lipinski definition) is 4. The first kappa shape index (κ1) is 15.0. The zero-order valence-corrected chi connectivity index (χ0v) is 12.4. The van der Waals surface area contributed by atoms with Gasteiger partial charge in [0.1, 0.15) is 10.5 Å². The van der Waals surface area contributed by atoms with Crippen LogP contribution in [0.15, 0.2) is 29.6 Å². The molecule has 0 radical (unpaired) electrons. The van der Waals surface area contributed by atoms with E-state index in [1.165, 1.54) is 12.4 Å². The summed E-state index contributed by atoms with van der Waals surface area (Å²) in [6.45, 7) is 0. The van der Waals surface area contributed by atoms with E-state index in [1.807, 2.05) is 0 Å². The normalized spacial score (nSPS) is 10.8. The molecule has 0 aliphatic rings. The Morgan fingerprint density at radius 3 is 3.04 bits per heavy atom. The van der Waals surface area contributed by atoms with Crippen LogP contribution in [0.1, 0.15) is 0 Å². The highest BCUT2D eigenvalue weighted by Crippen LogP contribution is 2.24. The number of thioether (sulfide) groups is 1. The Morgan fingerprint density at radius 1 is 1.43 bits per heavy atom. The lowest BCUT2D eigenvalue weighted by atomic mass is 10.3. The minimum absolute atomic E-state index is 0.0348. The van der Waals surface area contributed by atoms with Gasteiger partial charge in [0.15, 0.2) is 17.2 Å². The Hall–Kier alpha value is -2.88. The van der Waals surface area contributed by atoms with Crippen LogP contribution in [0.25, 0.3) is 11.2 Å². The number of aromatic nitrogens is 4. The highest BCUT2D eigenvalue weighted by atomic mass is 32.2. The Bertz CT molecular complexity index is 884. The molecular weight excluding hydrogens is 323 g/mol. The minimum atomic E-state index is -0.807. The number of nitrogens with two attached hydrogens (primary N) is 1. The average molecular weight is 334 g/mol. The van der Waals surface area contributed by atoms with Crippen LogP contribution in [-0.4, -0.2) is 36.7 Å². The standard InChI is InChI=1S/C13H11FN6O2S/c14-7-3-6(1-2-8(7)21)18-9(22)4-23-12-10-11(17-5-16-10)19-13(15)20-12/h1-3,5,21H,4H2,(H,18,22)(H3,15,16,17,19,20). The van der Waals surface area contributed by atoms with Gasteiger partial charge in [-0.2, -0.15) is 4.98 Å². The molecule has 0 aliphatic carbocycles. The maximum atomic E-state index is 13.2. The van der Waals surface area contributed by atoms with Crippen molar-refractivity contribution in [2.75, 3.05) is 16.8 Å². The van der Waals surface area contributed by atoms with Crippen molar-refractivity contribution in [3.63, 3.8) is 0 Å². The number of carbonyl (C=O) groups is 1. The lowest BCUT2D eigenvalue weighted by Gasteiger charge is -2.06. The summed E-state index contributed by atoms with van der Waals surface area (Å²) in [6.07, 6.45) is 1.46. The van der Waals surface area contributed by atoms with Crippen molar-refractivity contribution in [2.24, 2.45) is 0 Å². The Balaban J connectivity index is 1.68. The van der Waals surface area contributed by atoms with E-state index in [4.69, 9.17) is 10.8 Å². The molecule has 118 valence electrons. The highest BCUT2D eigenvalue weighted by Gasteiger charge is 2.12. The van der Waals surface area contributed by atoms with Gasteiger partial charge < -0.3 is 21.1 Å². The molecule has 8 nitrogen and oxygen atoms in total. The molecule has 0 spiro atoms. The number of nitrogens with zero attached hydrogens (tertiary/aromatic N) is 3. The number of nitrogens with one attached hydrogen (secondary N) is 2. The largest absolute Gasteiger partial charge is 0.505 e. The Kier molecular flexibility index (Phi) is 3.98. The van der Waals surface area contributed by atoms with E-state index in [-0.39, 0.29) is 23.3 Å². The number of H-pyrrole nitrogens is 1. The lowest BCUT2D eigenvalue weighted by Crippen LogP contribution is -2.14. The van der Waals surface area contributed by atoms with Crippen LogP contribution in [-0.2, 0) is 4.79 Å². The molecule has 10 heteroatoms. The molecule has 2 aromatic heterocycles.